The van der Waals surface area contributed by atoms with E-state index in [0.717, 1.165) is 58.3 Å². The Hall–Kier alpha value is -1.79. The highest BCUT2D eigenvalue weighted by Gasteiger charge is 2.38. The SMILES string of the molecule is CN=C(NCCCNc1ccccc1)NCC1(N2CCOCC2)CCCCC1. The Bertz CT molecular complexity index is 580. The highest BCUT2D eigenvalue weighted by molar-refractivity contribution is 5.79. The number of hydrogen-bond acceptors (Lipinski definition) is 4. The summed E-state index contributed by atoms with van der Waals surface area (Å²) < 4.78 is 5.59. The fourth-order valence-electron chi connectivity index (χ4n) is 4.41. The monoisotopic (exact) mass is 387 g/mol. The lowest BCUT2D eigenvalue weighted by molar-refractivity contribution is -0.0352. The number of nitrogens with zero attached hydrogens (tertiary/aromatic N) is 2. The van der Waals surface area contributed by atoms with Gasteiger partial charge in [-0.05, 0) is 31.4 Å². The van der Waals surface area contributed by atoms with Crippen molar-refractivity contribution in [1.29, 1.82) is 0 Å². The number of anilines is 1. The van der Waals surface area contributed by atoms with Gasteiger partial charge in [-0.15, -0.1) is 0 Å². The summed E-state index contributed by atoms with van der Waals surface area (Å²) in [4.78, 5) is 7.10. The van der Waals surface area contributed by atoms with Crippen molar-refractivity contribution in [2.75, 3.05) is 58.3 Å². The second-order valence-corrected chi connectivity index (χ2v) is 7.88. The molecule has 1 saturated heterocycles. The van der Waals surface area contributed by atoms with Crippen molar-refractivity contribution in [3.05, 3.63) is 30.3 Å². The van der Waals surface area contributed by atoms with E-state index in [2.05, 4.69) is 50.1 Å². The van der Waals surface area contributed by atoms with Crippen LogP contribution in [-0.4, -0.2) is 69.4 Å². The van der Waals surface area contributed by atoms with Crippen LogP contribution in [-0.2, 0) is 4.74 Å². The molecule has 1 aliphatic carbocycles. The molecule has 0 spiro atoms. The number of ether oxygens (including phenoxy) is 1. The van der Waals surface area contributed by atoms with Gasteiger partial charge in [0.15, 0.2) is 5.96 Å². The van der Waals surface area contributed by atoms with Gasteiger partial charge in [-0.25, -0.2) is 0 Å². The summed E-state index contributed by atoms with van der Waals surface area (Å²) in [5, 5.41) is 10.5. The van der Waals surface area contributed by atoms with Crippen LogP contribution in [0.1, 0.15) is 38.5 Å². The lowest BCUT2D eigenvalue weighted by atomic mass is 9.80. The molecule has 28 heavy (non-hydrogen) atoms. The Morgan fingerprint density at radius 3 is 2.50 bits per heavy atom. The maximum absolute atomic E-state index is 5.59. The number of aliphatic imine (C=N–C) groups is 1. The first-order valence-corrected chi connectivity index (χ1v) is 10.9. The Morgan fingerprint density at radius 2 is 1.79 bits per heavy atom. The molecular formula is C22H37N5O. The quantitative estimate of drug-likeness (QED) is 0.364. The molecule has 0 unspecified atom stereocenters. The largest absolute Gasteiger partial charge is 0.385 e. The molecule has 3 rings (SSSR count). The Labute approximate surface area is 170 Å². The van der Waals surface area contributed by atoms with Gasteiger partial charge in [0.2, 0.25) is 0 Å². The van der Waals surface area contributed by atoms with Gasteiger partial charge in [-0.3, -0.25) is 9.89 Å². The van der Waals surface area contributed by atoms with Crippen LogP contribution in [0.15, 0.2) is 35.3 Å². The molecule has 2 fully saturated rings. The maximum Gasteiger partial charge on any atom is 0.191 e. The summed E-state index contributed by atoms with van der Waals surface area (Å²) in [6.45, 7) is 6.66. The van der Waals surface area contributed by atoms with Crippen molar-refractivity contribution in [2.45, 2.75) is 44.1 Å². The Kier molecular flexibility index (Phi) is 8.42. The van der Waals surface area contributed by atoms with Crippen LogP contribution in [0.3, 0.4) is 0 Å². The molecule has 6 nitrogen and oxygen atoms in total. The fourth-order valence-corrected chi connectivity index (χ4v) is 4.41. The van der Waals surface area contributed by atoms with Crippen LogP contribution in [0.2, 0.25) is 0 Å². The number of hydrogen-bond donors (Lipinski definition) is 3. The van der Waals surface area contributed by atoms with Crippen LogP contribution in [0.5, 0.6) is 0 Å². The van der Waals surface area contributed by atoms with Crippen LogP contribution < -0.4 is 16.0 Å². The number of rotatable bonds is 8. The van der Waals surface area contributed by atoms with Crippen LogP contribution in [0.4, 0.5) is 5.69 Å². The maximum atomic E-state index is 5.59. The standard InChI is InChI=1S/C22H37N5O/c1-23-21(25-14-8-13-24-20-9-4-2-5-10-20)26-19-22(11-6-3-7-12-22)27-15-17-28-18-16-27/h2,4-5,9-10,24H,3,6-8,11-19H2,1H3,(H2,23,25,26). The topological polar surface area (TPSA) is 60.9 Å². The van der Waals surface area contributed by atoms with E-state index in [1.54, 1.807) is 0 Å². The van der Waals surface area contributed by atoms with Gasteiger partial charge in [0.25, 0.3) is 0 Å². The molecule has 156 valence electrons. The highest BCUT2D eigenvalue weighted by Crippen LogP contribution is 2.33. The lowest BCUT2D eigenvalue weighted by Gasteiger charge is -2.48. The lowest BCUT2D eigenvalue weighted by Crippen LogP contribution is -2.60. The normalized spacial score (nSPS) is 20.5. The van der Waals surface area contributed by atoms with Gasteiger partial charge in [0, 0.05) is 51.0 Å². The minimum Gasteiger partial charge on any atom is -0.385 e. The summed E-state index contributed by atoms with van der Waals surface area (Å²) in [7, 11) is 1.86. The van der Waals surface area contributed by atoms with Gasteiger partial charge in [0.05, 0.1) is 13.2 Å². The summed E-state index contributed by atoms with van der Waals surface area (Å²) in [5.41, 5.74) is 1.43. The summed E-state index contributed by atoms with van der Waals surface area (Å²) >= 11 is 0. The third kappa shape index (κ3) is 6.11. The molecule has 0 aromatic heterocycles. The van der Waals surface area contributed by atoms with E-state index in [0.29, 0.717) is 0 Å². The molecule has 1 aliphatic heterocycles. The zero-order valence-electron chi connectivity index (χ0n) is 17.4. The number of nitrogens with one attached hydrogen (secondary N) is 3. The van der Waals surface area contributed by atoms with Crippen molar-refractivity contribution in [2.24, 2.45) is 4.99 Å². The van der Waals surface area contributed by atoms with Crippen LogP contribution in [0, 0.1) is 0 Å². The number of para-hydroxylation sites is 1. The highest BCUT2D eigenvalue weighted by atomic mass is 16.5. The van der Waals surface area contributed by atoms with Crippen molar-refractivity contribution in [3.8, 4) is 0 Å². The van der Waals surface area contributed by atoms with Gasteiger partial charge < -0.3 is 20.7 Å². The summed E-state index contributed by atoms with van der Waals surface area (Å²) in [6, 6.07) is 10.4. The predicted molar refractivity (Wildman–Crippen MR) is 117 cm³/mol. The minimum absolute atomic E-state index is 0.258. The molecule has 0 atom stereocenters. The average molecular weight is 388 g/mol. The molecule has 1 saturated carbocycles. The first-order valence-electron chi connectivity index (χ1n) is 10.9. The van der Waals surface area contributed by atoms with E-state index < -0.39 is 0 Å². The molecule has 6 heteroatoms. The number of guanidine groups is 1. The Morgan fingerprint density at radius 1 is 1.04 bits per heavy atom. The minimum atomic E-state index is 0.258. The smallest absolute Gasteiger partial charge is 0.191 e. The predicted octanol–water partition coefficient (Wildman–Crippen LogP) is 2.69. The Balaban J connectivity index is 1.41. The molecule has 0 radical (unpaired) electrons. The molecule has 1 heterocycles. The van der Waals surface area contributed by atoms with Crippen molar-refractivity contribution < 1.29 is 4.74 Å². The molecule has 1 aromatic carbocycles. The van der Waals surface area contributed by atoms with Crippen molar-refractivity contribution in [3.63, 3.8) is 0 Å². The van der Waals surface area contributed by atoms with Gasteiger partial charge in [-0.2, -0.15) is 0 Å². The third-order valence-electron chi connectivity index (χ3n) is 6.02. The zero-order valence-corrected chi connectivity index (χ0v) is 17.4. The van der Waals surface area contributed by atoms with E-state index in [1.807, 2.05) is 13.1 Å². The second-order valence-electron chi connectivity index (χ2n) is 7.88. The van der Waals surface area contributed by atoms with E-state index in [9.17, 15) is 0 Å². The number of benzene rings is 1. The summed E-state index contributed by atoms with van der Waals surface area (Å²) in [5.74, 6) is 0.915. The van der Waals surface area contributed by atoms with Crippen molar-refractivity contribution in [1.82, 2.24) is 15.5 Å². The molecule has 2 aliphatic rings. The van der Waals surface area contributed by atoms with Gasteiger partial charge >= 0.3 is 0 Å². The summed E-state index contributed by atoms with van der Waals surface area (Å²) in [6.07, 6.45) is 7.63. The molecule has 3 N–H and O–H groups in total. The molecule has 0 amide bonds. The fraction of sp³-hybridized carbons (Fsp3) is 0.682. The van der Waals surface area contributed by atoms with Gasteiger partial charge in [0.1, 0.15) is 0 Å². The average Bonchev–Trinajstić information content (AvgIpc) is 2.77. The zero-order chi connectivity index (χ0) is 19.5. The van der Waals surface area contributed by atoms with Crippen LogP contribution in [0.25, 0.3) is 0 Å². The third-order valence-corrected chi connectivity index (χ3v) is 6.02. The second kappa shape index (κ2) is 11.3. The molecular weight excluding hydrogens is 350 g/mol. The number of morpholine rings is 1. The van der Waals surface area contributed by atoms with Crippen molar-refractivity contribution >= 4 is 11.6 Å². The van der Waals surface area contributed by atoms with E-state index in [1.165, 1.54) is 37.8 Å². The first-order chi connectivity index (χ1) is 13.8. The van der Waals surface area contributed by atoms with E-state index >= 15 is 0 Å². The first kappa shape index (κ1) is 20.9. The van der Waals surface area contributed by atoms with E-state index in [4.69, 9.17) is 4.74 Å². The molecule has 0 bridgehead atoms. The van der Waals surface area contributed by atoms with Crippen LogP contribution >= 0.6 is 0 Å². The molecule has 1 aromatic rings. The van der Waals surface area contributed by atoms with Gasteiger partial charge in [-0.1, -0.05) is 37.5 Å². The van der Waals surface area contributed by atoms with E-state index in [-0.39, 0.29) is 5.54 Å².